The van der Waals surface area contributed by atoms with Gasteiger partial charge in [0.1, 0.15) is 23.6 Å². The molecule has 2 N–H and O–H groups in total. The molecular formula is C36H31F2N3O5. The lowest BCUT2D eigenvalue weighted by Crippen LogP contribution is -2.38. The summed E-state index contributed by atoms with van der Waals surface area (Å²) in [5, 5.41) is 5.98. The van der Waals surface area contributed by atoms with Crippen LogP contribution in [0.5, 0.6) is 23.0 Å². The molecule has 0 aliphatic heterocycles. The monoisotopic (exact) mass is 623 g/mol. The van der Waals surface area contributed by atoms with Crippen LogP contribution in [-0.4, -0.2) is 23.9 Å². The van der Waals surface area contributed by atoms with Gasteiger partial charge in [0.05, 0.1) is 12.6 Å². The van der Waals surface area contributed by atoms with Crippen molar-refractivity contribution in [3.05, 3.63) is 114 Å². The van der Waals surface area contributed by atoms with Gasteiger partial charge in [-0.15, -0.1) is 0 Å². The Morgan fingerprint density at radius 2 is 1.46 bits per heavy atom. The third-order valence-electron chi connectivity index (χ3n) is 8.56. The predicted octanol–water partition coefficient (Wildman–Crippen LogP) is 7.74. The van der Waals surface area contributed by atoms with Crippen LogP contribution >= 0.6 is 0 Å². The number of hydrogen-bond donors (Lipinski definition) is 2. The zero-order valence-electron chi connectivity index (χ0n) is 25.3. The second-order valence-electron chi connectivity index (χ2n) is 11.2. The number of nitrogens with zero attached hydrogens (tertiary/aromatic N) is 1. The van der Waals surface area contributed by atoms with Gasteiger partial charge in [-0.2, -0.15) is 0 Å². The van der Waals surface area contributed by atoms with Crippen molar-refractivity contribution in [2.24, 2.45) is 17.3 Å². The molecule has 5 aromatic rings. The van der Waals surface area contributed by atoms with Gasteiger partial charge >= 0.3 is 0 Å². The molecule has 10 heteroatoms. The van der Waals surface area contributed by atoms with Gasteiger partial charge < -0.3 is 24.8 Å². The van der Waals surface area contributed by atoms with Crippen LogP contribution < -0.4 is 24.8 Å². The van der Waals surface area contributed by atoms with E-state index in [-0.39, 0.29) is 23.3 Å². The first kappa shape index (κ1) is 30.5. The van der Waals surface area contributed by atoms with Crippen LogP contribution in [0.4, 0.5) is 20.2 Å². The lowest BCUT2D eigenvalue weighted by molar-refractivity contribution is -0.132. The smallest absolute Gasteiger partial charge is 0.240 e. The minimum Gasteiger partial charge on any atom is -0.493 e. The number of hydrogen-bond acceptors (Lipinski definition) is 6. The summed E-state index contributed by atoms with van der Waals surface area (Å²) in [4.78, 5) is 31.1. The van der Waals surface area contributed by atoms with E-state index in [1.165, 1.54) is 43.5 Å². The van der Waals surface area contributed by atoms with E-state index in [9.17, 15) is 14.0 Å². The predicted molar refractivity (Wildman–Crippen MR) is 170 cm³/mol. The van der Waals surface area contributed by atoms with E-state index in [0.29, 0.717) is 40.4 Å². The van der Waals surface area contributed by atoms with Gasteiger partial charge in [0, 0.05) is 35.1 Å². The number of carbonyl (C=O) groups is 2. The number of fused-ring (bicyclic) bond motifs is 1. The number of amides is 2. The van der Waals surface area contributed by atoms with Crippen LogP contribution in [0.15, 0.2) is 97.2 Å². The number of benzene rings is 4. The maximum absolute atomic E-state index is 15.4. The van der Waals surface area contributed by atoms with Crippen molar-refractivity contribution < 1.29 is 32.6 Å². The summed E-state index contributed by atoms with van der Waals surface area (Å²) in [6.07, 6.45) is 1.55. The van der Waals surface area contributed by atoms with E-state index >= 15 is 4.39 Å². The Labute approximate surface area is 264 Å². The molecule has 0 radical (unpaired) electrons. The lowest BCUT2D eigenvalue weighted by atomic mass is 9.99. The fourth-order valence-electron chi connectivity index (χ4n) is 5.71. The van der Waals surface area contributed by atoms with Crippen LogP contribution in [0, 0.1) is 28.9 Å². The molecule has 1 fully saturated rings. The van der Waals surface area contributed by atoms with Crippen LogP contribution in [-0.2, 0) is 16.2 Å². The molecule has 1 saturated carbocycles. The minimum absolute atomic E-state index is 0.0780. The molecule has 8 nitrogen and oxygen atoms in total. The summed E-state index contributed by atoms with van der Waals surface area (Å²) in [5.74, 6) is -1.54. The van der Waals surface area contributed by atoms with Gasteiger partial charge in [-0.25, -0.2) is 8.78 Å². The van der Waals surface area contributed by atoms with E-state index in [0.717, 1.165) is 11.6 Å². The summed E-state index contributed by atoms with van der Waals surface area (Å²) < 4.78 is 46.2. The van der Waals surface area contributed by atoms with E-state index in [4.69, 9.17) is 14.2 Å². The van der Waals surface area contributed by atoms with Gasteiger partial charge in [-0.05, 0) is 65.9 Å². The topological polar surface area (TPSA) is 98.8 Å². The third kappa shape index (κ3) is 5.81. The normalized spacial score (nSPS) is 18.5. The van der Waals surface area contributed by atoms with Gasteiger partial charge in [0.2, 0.25) is 11.8 Å². The molecule has 1 heterocycles. The number of anilines is 2. The van der Waals surface area contributed by atoms with E-state index < -0.39 is 28.9 Å². The number of methoxy groups -OCH3 is 1. The van der Waals surface area contributed by atoms with Crippen molar-refractivity contribution in [1.29, 1.82) is 0 Å². The SMILES string of the molecule is COc1cc2c(Oc3ccc(NC(=O)[C@]4(C(=O)Nc5ccc(F)cc5)C(C)[C@H]4C)cc3F)ccnc2cc1OCc1ccccc1. The summed E-state index contributed by atoms with van der Waals surface area (Å²) in [6, 6.07) is 24.1. The van der Waals surface area contributed by atoms with Crippen LogP contribution in [0.1, 0.15) is 19.4 Å². The molecule has 6 rings (SSSR count). The van der Waals surface area contributed by atoms with Gasteiger partial charge in [0.15, 0.2) is 23.1 Å². The molecule has 0 spiro atoms. The van der Waals surface area contributed by atoms with E-state index in [1.807, 2.05) is 30.3 Å². The highest BCUT2D eigenvalue weighted by molar-refractivity contribution is 6.17. The first-order chi connectivity index (χ1) is 22.2. The number of halogens is 2. The molecule has 0 bridgehead atoms. The molecule has 3 atom stereocenters. The number of ether oxygens (including phenoxy) is 3. The Bertz CT molecular complexity index is 1910. The van der Waals surface area contributed by atoms with Crippen molar-refractivity contribution in [2.45, 2.75) is 20.5 Å². The lowest BCUT2D eigenvalue weighted by Gasteiger charge is -2.18. The van der Waals surface area contributed by atoms with Gasteiger partial charge in [-0.1, -0.05) is 44.2 Å². The van der Waals surface area contributed by atoms with Crippen molar-refractivity contribution in [3.63, 3.8) is 0 Å². The van der Waals surface area contributed by atoms with Crippen LogP contribution in [0.2, 0.25) is 0 Å². The molecule has 1 aliphatic carbocycles. The molecule has 0 saturated heterocycles. The van der Waals surface area contributed by atoms with Crippen molar-refractivity contribution >= 4 is 34.1 Å². The Morgan fingerprint density at radius 1 is 0.783 bits per heavy atom. The van der Waals surface area contributed by atoms with Crippen LogP contribution in [0.3, 0.4) is 0 Å². The number of aromatic nitrogens is 1. The summed E-state index contributed by atoms with van der Waals surface area (Å²) in [7, 11) is 1.53. The molecule has 234 valence electrons. The van der Waals surface area contributed by atoms with Crippen LogP contribution in [0.25, 0.3) is 10.9 Å². The largest absolute Gasteiger partial charge is 0.493 e. The Hall–Kier alpha value is -5.51. The Morgan fingerprint density at radius 3 is 2.11 bits per heavy atom. The van der Waals surface area contributed by atoms with Crippen molar-refractivity contribution in [2.75, 3.05) is 17.7 Å². The molecule has 1 aliphatic rings. The first-order valence-corrected chi connectivity index (χ1v) is 14.7. The fourth-order valence-corrected chi connectivity index (χ4v) is 5.71. The molecule has 1 aromatic heterocycles. The molecule has 1 unspecified atom stereocenters. The van der Waals surface area contributed by atoms with Gasteiger partial charge in [0.25, 0.3) is 0 Å². The number of rotatable bonds is 10. The average molecular weight is 624 g/mol. The summed E-state index contributed by atoms with van der Waals surface area (Å²) in [5.41, 5.74) is 0.724. The number of carbonyl (C=O) groups excluding carboxylic acids is 2. The maximum atomic E-state index is 15.4. The standard InChI is InChI=1S/C36H31F2N3O5/c1-21-22(2)36(21,34(42)40-25-11-9-24(37)10-12-25)35(43)41-26-13-14-31(28(38)17-26)46-30-15-16-39-29-19-33(32(44-3)18-27(29)30)45-20-23-7-5-4-6-8-23/h4-19,21-22H,20H2,1-3H3,(H,40,42)(H,41,43)/t21-,22?,36+/m1/s1. The molecule has 46 heavy (non-hydrogen) atoms. The fraction of sp³-hybridized carbons (Fsp3) is 0.194. The third-order valence-corrected chi connectivity index (χ3v) is 8.56. The molecular weight excluding hydrogens is 592 g/mol. The first-order valence-electron chi connectivity index (χ1n) is 14.7. The zero-order valence-corrected chi connectivity index (χ0v) is 25.3. The zero-order chi connectivity index (χ0) is 32.4. The highest BCUT2D eigenvalue weighted by Gasteiger charge is 2.69. The summed E-state index contributed by atoms with van der Waals surface area (Å²) >= 11 is 0. The average Bonchev–Trinajstić information content (AvgIpc) is 3.62. The van der Waals surface area contributed by atoms with E-state index in [2.05, 4.69) is 15.6 Å². The van der Waals surface area contributed by atoms with Crippen molar-refractivity contribution in [1.82, 2.24) is 4.98 Å². The van der Waals surface area contributed by atoms with E-state index in [1.54, 1.807) is 38.2 Å². The van der Waals surface area contributed by atoms with Crippen molar-refractivity contribution in [3.8, 4) is 23.0 Å². The highest BCUT2D eigenvalue weighted by atomic mass is 19.1. The molecule has 4 aromatic carbocycles. The molecule has 2 amide bonds. The summed E-state index contributed by atoms with van der Waals surface area (Å²) in [6.45, 7) is 3.95. The number of nitrogens with one attached hydrogen (secondary N) is 2. The quantitative estimate of drug-likeness (QED) is 0.155. The second kappa shape index (κ2) is 12.5. The Kier molecular flexibility index (Phi) is 8.27. The second-order valence-corrected chi connectivity index (χ2v) is 11.2. The Balaban J connectivity index is 1.18. The maximum Gasteiger partial charge on any atom is 0.240 e. The highest BCUT2D eigenvalue weighted by Crippen LogP contribution is 2.59. The number of pyridine rings is 1. The van der Waals surface area contributed by atoms with Gasteiger partial charge in [-0.3, -0.25) is 14.6 Å². The minimum atomic E-state index is -1.36.